The number of nitrogens with zero attached hydrogens (tertiary/aromatic N) is 2. The number of aromatic nitrogens is 1. The Morgan fingerprint density at radius 1 is 1.31 bits per heavy atom. The van der Waals surface area contributed by atoms with E-state index < -0.39 is 0 Å². The standard InChI is InChI=1S/C19H25ClN2O3S/c1-12-16(19(2,3)4)26-18(22(12)9-10-24-5)21-17(23)14-11-13(20)7-8-15(14)25-6/h7-8,11H,9-10H2,1-6H3/b21-18-. The Kier molecular flexibility index (Phi) is 6.66. The van der Waals surface area contributed by atoms with Crippen LogP contribution in [0.4, 0.5) is 0 Å². The van der Waals surface area contributed by atoms with Crippen LogP contribution in [-0.2, 0) is 16.7 Å². The van der Waals surface area contributed by atoms with Gasteiger partial charge in [0, 0.05) is 29.2 Å². The van der Waals surface area contributed by atoms with Crippen molar-refractivity contribution in [3.63, 3.8) is 0 Å². The van der Waals surface area contributed by atoms with E-state index in [4.69, 9.17) is 21.1 Å². The monoisotopic (exact) mass is 396 g/mol. The summed E-state index contributed by atoms with van der Waals surface area (Å²) in [5, 5.41) is 0.467. The molecule has 0 aliphatic heterocycles. The molecule has 0 bridgehead atoms. The van der Waals surface area contributed by atoms with Crippen LogP contribution in [0, 0.1) is 6.92 Å². The van der Waals surface area contributed by atoms with Gasteiger partial charge in [0.05, 0.1) is 19.3 Å². The van der Waals surface area contributed by atoms with Crippen molar-refractivity contribution in [2.75, 3.05) is 20.8 Å². The average molecular weight is 397 g/mol. The Morgan fingerprint density at radius 3 is 2.58 bits per heavy atom. The Hall–Kier alpha value is -1.63. The highest BCUT2D eigenvalue weighted by atomic mass is 35.5. The van der Waals surface area contributed by atoms with Crippen molar-refractivity contribution in [3.8, 4) is 5.75 Å². The first-order chi connectivity index (χ1) is 12.2. The van der Waals surface area contributed by atoms with Gasteiger partial charge < -0.3 is 14.0 Å². The van der Waals surface area contributed by atoms with Crippen molar-refractivity contribution in [3.05, 3.63) is 44.2 Å². The SMILES string of the molecule is COCCn1c(C)c(C(C)(C)C)s/c1=N\C(=O)c1cc(Cl)ccc1OC. The molecule has 0 fully saturated rings. The first kappa shape index (κ1) is 20.7. The molecule has 1 aromatic carbocycles. The molecule has 1 amide bonds. The molecule has 2 aromatic rings. The van der Waals surface area contributed by atoms with Crippen molar-refractivity contribution < 1.29 is 14.3 Å². The Labute approximate surface area is 163 Å². The summed E-state index contributed by atoms with van der Waals surface area (Å²) in [5.74, 6) is 0.0770. The molecule has 1 aromatic heterocycles. The van der Waals surface area contributed by atoms with E-state index in [1.54, 1.807) is 25.3 Å². The number of carbonyl (C=O) groups excluding carboxylic acids is 1. The van der Waals surface area contributed by atoms with E-state index >= 15 is 0 Å². The molecule has 2 rings (SSSR count). The largest absolute Gasteiger partial charge is 0.496 e. The van der Waals surface area contributed by atoms with Crippen LogP contribution in [-0.4, -0.2) is 31.3 Å². The minimum absolute atomic E-state index is 0.0336. The van der Waals surface area contributed by atoms with E-state index in [1.165, 1.54) is 23.3 Å². The molecule has 0 N–H and O–H groups in total. The lowest BCUT2D eigenvalue weighted by molar-refractivity contribution is 0.0994. The summed E-state index contributed by atoms with van der Waals surface area (Å²) in [6, 6.07) is 4.93. The van der Waals surface area contributed by atoms with Crippen LogP contribution in [0.15, 0.2) is 23.2 Å². The zero-order chi connectivity index (χ0) is 19.5. The predicted molar refractivity (Wildman–Crippen MR) is 106 cm³/mol. The Bertz CT molecular complexity index is 863. The molecule has 0 aliphatic carbocycles. The second-order valence-electron chi connectivity index (χ2n) is 6.96. The van der Waals surface area contributed by atoms with Gasteiger partial charge in [-0.3, -0.25) is 4.79 Å². The zero-order valence-corrected chi connectivity index (χ0v) is 17.6. The highest BCUT2D eigenvalue weighted by molar-refractivity contribution is 7.09. The van der Waals surface area contributed by atoms with Crippen LogP contribution in [0.1, 0.15) is 41.7 Å². The van der Waals surface area contributed by atoms with Crippen molar-refractivity contribution in [2.24, 2.45) is 4.99 Å². The average Bonchev–Trinajstić information content (AvgIpc) is 2.88. The number of amides is 1. The van der Waals surface area contributed by atoms with E-state index in [-0.39, 0.29) is 11.3 Å². The third-order valence-electron chi connectivity index (χ3n) is 3.95. The minimum Gasteiger partial charge on any atom is -0.496 e. The molecule has 0 unspecified atom stereocenters. The summed E-state index contributed by atoms with van der Waals surface area (Å²) in [5.41, 5.74) is 1.42. The molecular weight excluding hydrogens is 372 g/mol. The van der Waals surface area contributed by atoms with Crippen molar-refractivity contribution in [2.45, 2.75) is 39.7 Å². The third-order valence-corrected chi connectivity index (χ3v) is 5.79. The first-order valence-electron chi connectivity index (χ1n) is 8.31. The summed E-state index contributed by atoms with van der Waals surface area (Å²) in [6.45, 7) is 9.68. The van der Waals surface area contributed by atoms with Gasteiger partial charge in [0.1, 0.15) is 5.75 Å². The van der Waals surface area contributed by atoms with Crippen LogP contribution in [0.5, 0.6) is 5.75 Å². The number of methoxy groups -OCH3 is 2. The second-order valence-corrected chi connectivity index (χ2v) is 8.37. The fourth-order valence-corrected chi connectivity index (χ4v) is 4.09. The maximum atomic E-state index is 12.8. The molecule has 142 valence electrons. The highest BCUT2D eigenvalue weighted by Gasteiger charge is 2.22. The molecule has 0 aliphatic rings. The van der Waals surface area contributed by atoms with Gasteiger partial charge in [-0.15, -0.1) is 11.3 Å². The number of hydrogen-bond acceptors (Lipinski definition) is 4. The smallest absolute Gasteiger partial charge is 0.283 e. The van der Waals surface area contributed by atoms with Gasteiger partial charge in [0.2, 0.25) is 0 Å². The van der Waals surface area contributed by atoms with Gasteiger partial charge in [-0.05, 0) is 30.5 Å². The second kappa shape index (κ2) is 8.37. The van der Waals surface area contributed by atoms with Crippen LogP contribution >= 0.6 is 22.9 Å². The number of benzene rings is 1. The van der Waals surface area contributed by atoms with Gasteiger partial charge in [-0.25, -0.2) is 0 Å². The maximum Gasteiger partial charge on any atom is 0.283 e. The third kappa shape index (κ3) is 4.55. The van der Waals surface area contributed by atoms with E-state index in [0.29, 0.717) is 34.3 Å². The lowest BCUT2D eigenvalue weighted by Crippen LogP contribution is -2.21. The van der Waals surface area contributed by atoms with Crippen molar-refractivity contribution in [1.82, 2.24) is 4.57 Å². The Morgan fingerprint density at radius 2 is 2.00 bits per heavy atom. The summed E-state index contributed by atoms with van der Waals surface area (Å²) in [4.78, 5) is 19.0. The fourth-order valence-electron chi connectivity index (χ4n) is 2.71. The molecule has 5 nitrogen and oxygen atoms in total. The van der Waals surface area contributed by atoms with Crippen LogP contribution in [0.2, 0.25) is 5.02 Å². The number of halogens is 1. The van der Waals surface area contributed by atoms with Crippen LogP contribution in [0.3, 0.4) is 0 Å². The van der Waals surface area contributed by atoms with Crippen LogP contribution < -0.4 is 9.54 Å². The maximum absolute atomic E-state index is 12.8. The van der Waals surface area contributed by atoms with Crippen LogP contribution in [0.25, 0.3) is 0 Å². The molecule has 0 saturated carbocycles. The number of hydrogen-bond donors (Lipinski definition) is 0. The molecule has 0 saturated heterocycles. The highest BCUT2D eigenvalue weighted by Crippen LogP contribution is 2.28. The lowest BCUT2D eigenvalue weighted by atomic mass is 9.93. The lowest BCUT2D eigenvalue weighted by Gasteiger charge is -2.17. The molecule has 1 heterocycles. The summed E-state index contributed by atoms with van der Waals surface area (Å²) in [6.07, 6.45) is 0. The summed E-state index contributed by atoms with van der Waals surface area (Å²) < 4.78 is 12.5. The summed E-state index contributed by atoms with van der Waals surface area (Å²) in [7, 11) is 3.18. The molecule has 26 heavy (non-hydrogen) atoms. The molecule has 7 heteroatoms. The van der Waals surface area contributed by atoms with E-state index in [9.17, 15) is 4.79 Å². The Balaban J connectivity index is 2.59. The van der Waals surface area contributed by atoms with Gasteiger partial charge in [-0.1, -0.05) is 32.4 Å². The van der Waals surface area contributed by atoms with Gasteiger partial charge in [-0.2, -0.15) is 4.99 Å². The molecule has 0 spiro atoms. The quantitative estimate of drug-likeness (QED) is 0.760. The predicted octanol–water partition coefficient (Wildman–Crippen LogP) is 4.21. The molecule has 0 radical (unpaired) electrons. The van der Waals surface area contributed by atoms with Crippen molar-refractivity contribution >= 4 is 28.8 Å². The number of carbonyl (C=O) groups is 1. The normalized spacial score (nSPS) is 12.5. The summed E-state index contributed by atoms with van der Waals surface area (Å²) >= 11 is 7.57. The topological polar surface area (TPSA) is 52.8 Å². The number of rotatable bonds is 5. The van der Waals surface area contributed by atoms with Gasteiger partial charge in [0.15, 0.2) is 4.80 Å². The van der Waals surface area contributed by atoms with E-state index in [2.05, 4.69) is 32.7 Å². The number of thiazole rings is 1. The molecular formula is C19H25ClN2O3S. The number of ether oxygens (including phenoxy) is 2. The zero-order valence-electron chi connectivity index (χ0n) is 16.1. The van der Waals surface area contributed by atoms with Crippen molar-refractivity contribution in [1.29, 1.82) is 0 Å². The fraction of sp³-hybridized carbons (Fsp3) is 0.474. The molecule has 0 atom stereocenters. The minimum atomic E-state index is -0.378. The first-order valence-corrected chi connectivity index (χ1v) is 9.50. The van der Waals surface area contributed by atoms with Gasteiger partial charge >= 0.3 is 0 Å². The van der Waals surface area contributed by atoms with E-state index in [0.717, 1.165) is 5.69 Å². The van der Waals surface area contributed by atoms with Gasteiger partial charge in [0.25, 0.3) is 5.91 Å². The van der Waals surface area contributed by atoms with E-state index in [1.807, 2.05) is 4.57 Å².